The highest BCUT2D eigenvalue weighted by Gasteiger charge is 2.19. The summed E-state index contributed by atoms with van der Waals surface area (Å²) in [6, 6.07) is 0. The van der Waals surface area contributed by atoms with Gasteiger partial charge >= 0.3 is 0 Å². The van der Waals surface area contributed by atoms with E-state index < -0.39 is 0 Å². The average Bonchev–Trinajstić information content (AvgIpc) is 2.28. The van der Waals surface area contributed by atoms with Crippen LogP contribution in [0.5, 0.6) is 0 Å². The number of aliphatic imine (C=N–C) groups is 1. The molecule has 0 saturated carbocycles. The summed E-state index contributed by atoms with van der Waals surface area (Å²) in [6.45, 7) is 3.04. The van der Waals surface area contributed by atoms with Gasteiger partial charge in [0, 0.05) is 0 Å². The molecule has 0 spiro atoms. The molecule has 1 atom stereocenters. The topological polar surface area (TPSA) is 38.4 Å². The molecule has 0 bridgehead atoms. The molecule has 2 aliphatic rings. The maximum atomic E-state index is 5.89. The van der Waals surface area contributed by atoms with Crippen LogP contribution in [0.4, 0.5) is 0 Å². The van der Waals surface area contributed by atoms with Crippen LogP contribution in [0.1, 0.15) is 26.2 Å². The molecule has 0 radical (unpaired) electrons. The average molecular weight is 176 g/mol. The molecule has 2 heteroatoms. The number of nitrogens with two attached hydrogens (primary N) is 1. The van der Waals surface area contributed by atoms with Crippen LogP contribution in [-0.4, -0.2) is 12.4 Å². The highest BCUT2D eigenvalue weighted by molar-refractivity contribution is 5.98. The Labute approximate surface area is 79.2 Å². The van der Waals surface area contributed by atoms with E-state index in [9.17, 15) is 0 Å². The minimum atomic E-state index is 0.743. The number of amidine groups is 1. The van der Waals surface area contributed by atoms with Gasteiger partial charge in [-0.05, 0) is 36.3 Å². The first-order valence-electron chi connectivity index (χ1n) is 4.96. The van der Waals surface area contributed by atoms with E-state index in [0.29, 0.717) is 0 Å². The number of hydrogen-bond donors (Lipinski definition) is 1. The number of hydrogen-bond acceptors (Lipinski definition) is 2. The van der Waals surface area contributed by atoms with Crippen molar-refractivity contribution < 1.29 is 0 Å². The largest absolute Gasteiger partial charge is 0.384 e. The third-order valence-electron chi connectivity index (χ3n) is 2.84. The van der Waals surface area contributed by atoms with Crippen LogP contribution in [0.25, 0.3) is 0 Å². The number of rotatable bonds is 0. The van der Waals surface area contributed by atoms with E-state index in [1.54, 1.807) is 0 Å². The Kier molecular flexibility index (Phi) is 2.21. The van der Waals surface area contributed by atoms with E-state index in [0.717, 1.165) is 24.7 Å². The first kappa shape index (κ1) is 8.54. The normalized spacial score (nSPS) is 28.1. The molecule has 1 aliphatic heterocycles. The summed E-state index contributed by atoms with van der Waals surface area (Å²) in [6.07, 6.45) is 7.84. The summed E-state index contributed by atoms with van der Waals surface area (Å²) in [4.78, 5) is 4.28. The van der Waals surface area contributed by atoms with Crippen molar-refractivity contribution in [1.29, 1.82) is 0 Å². The fourth-order valence-corrected chi connectivity index (χ4v) is 2.05. The summed E-state index contributed by atoms with van der Waals surface area (Å²) < 4.78 is 0. The zero-order chi connectivity index (χ0) is 9.26. The molecular weight excluding hydrogens is 160 g/mol. The SMILES string of the molecule is CC1CCC2=C(C=CCN=C2N)C1. The lowest BCUT2D eigenvalue weighted by Gasteiger charge is -2.22. The lowest BCUT2D eigenvalue weighted by Crippen LogP contribution is -2.20. The molecule has 70 valence electrons. The van der Waals surface area contributed by atoms with E-state index in [1.807, 2.05) is 0 Å². The standard InChI is InChI=1S/C11H16N2/c1-8-4-5-10-9(7-8)3-2-6-13-11(10)12/h2-3,8H,4-7H2,1H3,(H2,12,13). The summed E-state index contributed by atoms with van der Waals surface area (Å²) >= 11 is 0. The van der Waals surface area contributed by atoms with Gasteiger partial charge in [-0.15, -0.1) is 0 Å². The molecule has 0 amide bonds. The van der Waals surface area contributed by atoms with Crippen molar-refractivity contribution >= 4 is 5.84 Å². The first-order valence-corrected chi connectivity index (χ1v) is 4.96. The van der Waals surface area contributed by atoms with Gasteiger partial charge in [-0.1, -0.05) is 19.1 Å². The van der Waals surface area contributed by atoms with Crippen molar-refractivity contribution in [2.24, 2.45) is 16.6 Å². The van der Waals surface area contributed by atoms with Gasteiger partial charge in [0.05, 0.1) is 6.54 Å². The van der Waals surface area contributed by atoms with Crippen molar-refractivity contribution in [1.82, 2.24) is 0 Å². The molecule has 0 fully saturated rings. The monoisotopic (exact) mass is 176 g/mol. The quantitative estimate of drug-likeness (QED) is 0.602. The van der Waals surface area contributed by atoms with Gasteiger partial charge in [0.25, 0.3) is 0 Å². The summed E-state index contributed by atoms with van der Waals surface area (Å²) in [5, 5.41) is 0. The summed E-state index contributed by atoms with van der Waals surface area (Å²) in [5.41, 5.74) is 8.60. The second-order valence-corrected chi connectivity index (χ2v) is 3.98. The van der Waals surface area contributed by atoms with E-state index in [2.05, 4.69) is 24.1 Å². The predicted octanol–water partition coefficient (Wildman–Crippen LogP) is 2.03. The predicted molar refractivity (Wildman–Crippen MR) is 55.7 cm³/mol. The Morgan fingerprint density at radius 1 is 1.54 bits per heavy atom. The lowest BCUT2D eigenvalue weighted by atomic mass is 9.84. The Morgan fingerprint density at radius 3 is 3.23 bits per heavy atom. The Balaban J connectivity index is 2.34. The molecule has 2 N–H and O–H groups in total. The molecule has 0 aromatic heterocycles. The number of nitrogens with zero attached hydrogens (tertiary/aromatic N) is 1. The Bertz CT molecular complexity index is 297. The highest BCUT2D eigenvalue weighted by Crippen LogP contribution is 2.30. The molecular formula is C11H16N2. The van der Waals surface area contributed by atoms with Crippen LogP contribution in [-0.2, 0) is 0 Å². The molecule has 1 unspecified atom stereocenters. The van der Waals surface area contributed by atoms with Gasteiger partial charge in [-0.2, -0.15) is 0 Å². The second kappa shape index (κ2) is 3.36. The zero-order valence-electron chi connectivity index (χ0n) is 8.09. The van der Waals surface area contributed by atoms with E-state index in [4.69, 9.17) is 5.73 Å². The van der Waals surface area contributed by atoms with E-state index >= 15 is 0 Å². The Morgan fingerprint density at radius 2 is 2.38 bits per heavy atom. The molecule has 0 aromatic carbocycles. The second-order valence-electron chi connectivity index (χ2n) is 3.98. The molecule has 2 rings (SSSR count). The zero-order valence-corrected chi connectivity index (χ0v) is 8.09. The van der Waals surface area contributed by atoms with Crippen molar-refractivity contribution in [3.05, 3.63) is 23.3 Å². The van der Waals surface area contributed by atoms with Gasteiger partial charge in [0.2, 0.25) is 0 Å². The first-order chi connectivity index (χ1) is 6.27. The molecule has 0 saturated heterocycles. The van der Waals surface area contributed by atoms with Crippen LogP contribution in [0.2, 0.25) is 0 Å². The fourth-order valence-electron chi connectivity index (χ4n) is 2.05. The van der Waals surface area contributed by atoms with Crippen LogP contribution in [0, 0.1) is 5.92 Å². The smallest absolute Gasteiger partial charge is 0.122 e. The van der Waals surface area contributed by atoms with Crippen molar-refractivity contribution in [3.8, 4) is 0 Å². The van der Waals surface area contributed by atoms with Crippen LogP contribution >= 0.6 is 0 Å². The minimum Gasteiger partial charge on any atom is -0.384 e. The maximum absolute atomic E-state index is 5.89. The van der Waals surface area contributed by atoms with Crippen LogP contribution in [0.3, 0.4) is 0 Å². The van der Waals surface area contributed by atoms with Gasteiger partial charge in [0.1, 0.15) is 5.84 Å². The molecule has 1 aliphatic carbocycles. The van der Waals surface area contributed by atoms with E-state index in [1.165, 1.54) is 24.0 Å². The third-order valence-corrected chi connectivity index (χ3v) is 2.84. The molecule has 13 heavy (non-hydrogen) atoms. The van der Waals surface area contributed by atoms with Crippen molar-refractivity contribution in [2.75, 3.05) is 6.54 Å². The van der Waals surface area contributed by atoms with Crippen LogP contribution < -0.4 is 5.73 Å². The van der Waals surface area contributed by atoms with Gasteiger partial charge < -0.3 is 5.73 Å². The lowest BCUT2D eigenvalue weighted by molar-refractivity contribution is 0.509. The fraction of sp³-hybridized carbons (Fsp3) is 0.545. The summed E-state index contributed by atoms with van der Waals surface area (Å²) in [7, 11) is 0. The van der Waals surface area contributed by atoms with Crippen LogP contribution in [0.15, 0.2) is 28.3 Å². The summed E-state index contributed by atoms with van der Waals surface area (Å²) in [5.74, 6) is 1.57. The van der Waals surface area contributed by atoms with Gasteiger partial charge in [-0.25, -0.2) is 0 Å². The van der Waals surface area contributed by atoms with Crippen molar-refractivity contribution in [3.63, 3.8) is 0 Å². The third kappa shape index (κ3) is 1.67. The molecule has 1 heterocycles. The molecule has 0 aromatic rings. The maximum Gasteiger partial charge on any atom is 0.122 e. The van der Waals surface area contributed by atoms with Gasteiger partial charge in [-0.3, -0.25) is 4.99 Å². The molecule has 2 nitrogen and oxygen atoms in total. The van der Waals surface area contributed by atoms with Crippen molar-refractivity contribution in [2.45, 2.75) is 26.2 Å². The van der Waals surface area contributed by atoms with E-state index in [-0.39, 0.29) is 0 Å². The Hall–Kier alpha value is -1.05. The minimum absolute atomic E-state index is 0.743. The highest BCUT2D eigenvalue weighted by atomic mass is 14.8. The number of allylic oxidation sites excluding steroid dienone is 2. The van der Waals surface area contributed by atoms with Gasteiger partial charge in [0.15, 0.2) is 0 Å².